The highest BCUT2D eigenvalue weighted by Gasteiger charge is 2.10. The van der Waals surface area contributed by atoms with E-state index >= 15 is 0 Å². The highest BCUT2D eigenvalue weighted by molar-refractivity contribution is 5.95. The van der Waals surface area contributed by atoms with Crippen LogP contribution in [0.4, 0.5) is 11.6 Å². The van der Waals surface area contributed by atoms with Crippen LogP contribution in [-0.4, -0.2) is 15.8 Å². The van der Waals surface area contributed by atoms with Crippen molar-refractivity contribution in [2.24, 2.45) is 0 Å². The van der Waals surface area contributed by atoms with E-state index in [2.05, 4.69) is 10.3 Å². The Morgan fingerprint density at radius 2 is 1.54 bits per heavy atom. The van der Waals surface area contributed by atoms with Gasteiger partial charge in [0.1, 0.15) is 0 Å². The lowest BCUT2D eigenvalue weighted by Crippen LogP contribution is -2.00. The zero-order valence-electron chi connectivity index (χ0n) is 14.3. The molecule has 1 N–H and O–H groups in total. The summed E-state index contributed by atoms with van der Waals surface area (Å²) in [5.41, 5.74) is 4.33. The predicted octanol–water partition coefficient (Wildman–Crippen LogP) is 5.49. The van der Waals surface area contributed by atoms with E-state index in [4.69, 9.17) is 4.98 Å². The Balaban J connectivity index is 0.00000210. The van der Waals surface area contributed by atoms with Gasteiger partial charge in [0.05, 0.1) is 11.2 Å². The molecule has 26 heavy (non-hydrogen) atoms. The van der Waals surface area contributed by atoms with Gasteiger partial charge >= 0.3 is 0 Å². The summed E-state index contributed by atoms with van der Waals surface area (Å²) in [7, 11) is 0. The van der Waals surface area contributed by atoms with E-state index < -0.39 is 0 Å². The number of benzene rings is 3. The lowest BCUT2D eigenvalue weighted by Gasteiger charge is -2.10. The molecule has 0 amide bonds. The van der Waals surface area contributed by atoms with E-state index in [0.717, 1.165) is 27.8 Å². The Bertz CT molecular complexity index is 1080. The number of para-hydroxylation sites is 1. The SMILES string of the molecule is CC(=O)c1ccc(Nc2nc(-c3ccccc3)c3ccccc3n2)cc1.[HH]. The Labute approximate surface area is 153 Å². The van der Waals surface area contributed by atoms with Crippen molar-refractivity contribution in [2.45, 2.75) is 6.92 Å². The number of aromatic nitrogens is 2. The van der Waals surface area contributed by atoms with Crippen LogP contribution in [0, 0.1) is 0 Å². The molecule has 0 unspecified atom stereocenters. The summed E-state index contributed by atoms with van der Waals surface area (Å²) in [6.45, 7) is 1.56. The van der Waals surface area contributed by atoms with Gasteiger partial charge in [-0.25, -0.2) is 9.97 Å². The van der Waals surface area contributed by atoms with Crippen LogP contribution in [0.15, 0.2) is 78.9 Å². The summed E-state index contributed by atoms with van der Waals surface area (Å²) < 4.78 is 0. The fraction of sp³-hybridized carbons (Fsp3) is 0.0455. The minimum atomic E-state index is 0. The minimum Gasteiger partial charge on any atom is -0.324 e. The van der Waals surface area contributed by atoms with Crippen molar-refractivity contribution in [2.75, 3.05) is 5.32 Å². The van der Waals surface area contributed by atoms with Gasteiger partial charge in [0.25, 0.3) is 0 Å². The standard InChI is InChI=1S/C22H17N3O.H2/c1-15(26)16-11-13-18(14-12-16)23-22-24-20-10-6-5-9-19(20)21(25-22)17-7-3-2-4-8-17;/h2-14H,1H3,(H,23,24,25);1H. The number of ketones is 1. The number of fused-ring (bicyclic) bond motifs is 1. The van der Waals surface area contributed by atoms with E-state index in [1.54, 1.807) is 19.1 Å². The molecule has 3 aromatic carbocycles. The summed E-state index contributed by atoms with van der Waals surface area (Å²) in [5.74, 6) is 0.572. The van der Waals surface area contributed by atoms with E-state index in [1.165, 1.54) is 0 Å². The third-order valence-corrected chi connectivity index (χ3v) is 4.20. The normalized spacial score (nSPS) is 10.7. The minimum absolute atomic E-state index is 0. The van der Waals surface area contributed by atoms with Crippen LogP contribution in [0.3, 0.4) is 0 Å². The number of carbonyl (C=O) groups excluding carboxylic acids is 1. The van der Waals surface area contributed by atoms with E-state index in [1.807, 2.05) is 66.7 Å². The summed E-state index contributed by atoms with van der Waals surface area (Å²) in [5, 5.41) is 4.25. The van der Waals surface area contributed by atoms with Gasteiger partial charge in [0.2, 0.25) is 5.95 Å². The maximum Gasteiger partial charge on any atom is 0.228 e. The van der Waals surface area contributed by atoms with Crippen molar-refractivity contribution in [3.63, 3.8) is 0 Å². The van der Waals surface area contributed by atoms with E-state index in [0.29, 0.717) is 11.5 Å². The molecule has 0 aliphatic rings. The molecule has 4 rings (SSSR count). The third-order valence-electron chi connectivity index (χ3n) is 4.20. The molecule has 0 fully saturated rings. The molecule has 0 atom stereocenters. The van der Waals surface area contributed by atoms with Crippen LogP contribution in [0.25, 0.3) is 22.2 Å². The first kappa shape index (κ1) is 16.0. The Hall–Kier alpha value is -3.53. The number of hydrogen-bond donors (Lipinski definition) is 1. The molecule has 0 spiro atoms. The second-order valence-electron chi connectivity index (χ2n) is 6.04. The van der Waals surface area contributed by atoms with Crippen LogP contribution in [-0.2, 0) is 0 Å². The van der Waals surface area contributed by atoms with Crippen LogP contribution in [0.1, 0.15) is 18.7 Å². The van der Waals surface area contributed by atoms with Gasteiger partial charge in [-0.3, -0.25) is 4.79 Å². The first-order chi connectivity index (χ1) is 12.7. The number of Topliss-reactive ketones (excluding diaryl/α,β-unsaturated/α-hetero) is 1. The van der Waals surface area contributed by atoms with Gasteiger partial charge in [0.15, 0.2) is 5.78 Å². The fourth-order valence-corrected chi connectivity index (χ4v) is 2.87. The molecular formula is C22H19N3O. The van der Waals surface area contributed by atoms with Gasteiger partial charge < -0.3 is 5.32 Å². The molecule has 4 nitrogen and oxygen atoms in total. The predicted molar refractivity (Wildman–Crippen MR) is 107 cm³/mol. The van der Waals surface area contributed by atoms with Crippen molar-refractivity contribution < 1.29 is 6.22 Å². The summed E-state index contributed by atoms with van der Waals surface area (Å²) in [6.07, 6.45) is 0. The molecule has 0 saturated carbocycles. The van der Waals surface area contributed by atoms with Gasteiger partial charge in [0, 0.05) is 23.6 Å². The quantitative estimate of drug-likeness (QED) is 0.499. The average Bonchev–Trinajstić information content (AvgIpc) is 2.68. The van der Waals surface area contributed by atoms with Crippen LogP contribution < -0.4 is 5.32 Å². The number of anilines is 2. The summed E-state index contributed by atoms with van der Waals surface area (Å²) >= 11 is 0. The van der Waals surface area contributed by atoms with Crippen molar-refractivity contribution in [1.82, 2.24) is 9.97 Å². The lowest BCUT2D eigenvalue weighted by atomic mass is 10.1. The average molecular weight is 341 g/mol. The van der Waals surface area contributed by atoms with Crippen LogP contribution in [0.2, 0.25) is 0 Å². The van der Waals surface area contributed by atoms with Crippen LogP contribution in [0.5, 0.6) is 0 Å². The Morgan fingerprint density at radius 3 is 2.27 bits per heavy atom. The largest absolute Gasteiger partial charge is 0.324 e. The Morgan fingerprint density at radius 1 is 0.846 bits per heavy atom. The summed E-state index contributed by atoms with van der Waals surface area (Å²) in [6, 6.07) is 25.4. The van der Waals surface area contributed by atoms with Gasteiger partial charge in [-0.1, -0.05) is 48.5 Å². The van der Waals surface area contributed by atoms with Gasteiger partial charge in [-0.15, -0.1) is 0 Å². The highest BCUT2D eigenvalue weighted by atomic mass is 16.1. The summed E-state index contributed by atoms with van der Waals surface area (Å²) in [4.78, 5) is 20.8. The monoisotopic (exact) mass is 341 g/mol. The maximum absolute atomic E-state index is 11.4. The van der Waals surface area contributed by atoms with E-state index in [-0.39, 0.29) is 7.21 Å². The molecule has 128 valence electrons. The van der Waals surface area contributed by atoms with Crippen molar-refractivity contribution in [1.29, 1.82) is 0 Å². The number of hydrogen-bond acceptors (Lipinski definition) is 4. The van der Waals surface area contributed by atoms with E-state index in [9.17, 15) is 4.79 Å². The number of carbonyl (C=O) groups is 1. The molecular weight excluding hydrogens is 322 g/mol. The third kappa shape index (κ3) is 3.17. The van der Waals surface area contributed by atoms with Crippen molar-refractivity contribution in [3.8, 4) is 11.3 Å². The molecule has 0 aliphatic heterocycles. The second kappa shape index (κ2) is 6.76. The van der Waals surface area contributed by atoms with Crippen molar-refractivity contribution >= 4 is 28.3 Å². The topological polar surface area (TPSA) is 54.9 Å². The van der Waals surface area contributed by atoms with Crippen molar-refractivity contribution in [3.05, 3.63) is 84.4 Å². The molecule has 1 aromatic heterocycles. The zero-order chi connectivity index (χ0) is 17.9. The zero-order valence-corrected chi connectivity index (χ0v) is 14.3. The number of nitrogens with zero attached hydrogens (tertiary/aromatic N) is 2. The number of rotatable bonds is 4. The lowest BCUT2D eigenvalue weighted by molar-refractivity contribution is 0.101. The molecule has 4 heteroatoms. The highest BCUT2D eigenvalue weighted by Crippen LogP contribution is 2.28. The molecule has 0 aliphatic carbocycles. The molecule has 0 bridgehead atoms. The molecule has 0 saturated heterocycles. The fourth-order valence-electron chi connectivity index (χ4n) is 2.87. The van der Waals surface area contributed by atoms with Gasteiger partial charge in [-0.05, 0) is 37.3 Å². The molecule has 4 aromatic rings. The maximum atomic E-state index is 11.4. The van der Waals surface area contributed by atoms with Crippen LogP contribution >= 0.6 is 0 Å². The first-order valence-electron chi connectivity index (χ1n) is 8.41. The number of nitrogens with one attached hydrogen (secondary N) is 1. The second-order valence-corrected chi connectivity index (χ2v) is 6.04. The smallest absolute Gasteiger partial charge is 0.228 e. The molecule has 1 heterocycles. The Kier molecular flexibility index (Phi) is 4.15. The van der Waals surface area contributed by atoms with Gasteiger partial charge in [-0.2, -0.15) is 0 Å². The first-order valence-corrected chi connectivity index (χ1v) is 8.41. The molecule has 0 radical (unpaired) electrons.